The highest BCUT2D eigenvalue weighted by molar-refractivity contribution is 9.10. The molecule has 0 atom stereocenters. The summed E-state index contributed by atoms with van der Waals surface area (Å²) in [6.45, 7) is 0.0452. The molecule has 0 saturated carbocycles. The average Bonchev–Trinajstić information content (AvgIpc) is 2.54. The fraction of sp³-hybridized carbons (Fsp3) is 0.167. The lowest BCUT2D eigenvalue weighted by atomic mass is 9.98. The van der Waals surface area contributed by atoms with E-state index in [2.05, 4.69) is 15.9 Å². The van der Waals surface area contributed by atoms with Gasteiger partial charge in [-0.1, -0.05) is 46.3 Å². The standard InChI is InChI=1S/C18H16BrFO2/c19-15-8-9-17(20)16(12-15)18(22)11-14(7-4-10-21)13-5-2-1-3-6-13/h1-3,5-6,8-9,11-12,21H,4,7,10H2/b14-11+. The molecule has 1 N–H and O–H groups in total. The Morgan fingerprint density at radius 1 is 1.18 bits per heavy atom. The number of allylic oxidation sites excluding steroid dienone is 2. The molecule has 0 aromatic heterocycles. The van der Waals surface area contributed by atoms with E-state index in [9.17, 15) is 9.18 Å². The van der Waals surface area contributed by atoms with Gasteiger partial charge in [0.05, 0.1) is 5.56 Å². The van der Waals surface area contributed by atoms with E-state index in [1.807, 2.05) is 30.3 Å². The zero-order valence-corrected chi connectivity index (χ0v) is 13.5. The normalized spacial score (nSPS) is 11.5. The number of carbonyl (C=O) groups is 1. The Bertz CT molecular complexity index is 681. The predicted octanol–water partition coefficient (Wildman–Crippen LogP) is 4.63. The van der Waals surface area contributed by atoms with Crippen molar-refractivity contribution in [1.29, 1.82) is 0 Å². The number of aliphatic hydroxyl groups is 1. The number of hydrogen-bond acceptors (Lipinski definition) is 2. The van der Waals surface area contributed by atoms with Gasteiger partial charge < -0.3 is 5.11 Å². The summed E-state index contributed by atoms with van der Waals surface area (Å²) in [5, 5.41) is 9.02. The molecule has 0 unspecified atom stereocenters. The summed E-state index contributed by atoms with van der Waals surface area (Å²) < 4.78 is 14.5. The molecule has 0 fully saturated rings. The summed E-state index contributed by atoms with van der Waals surface area (Å²) in [5.74, 6) is -0.922. The van der Waals surface area contributed by atoms with Gasteiger partial charge >= 0.3 is 0 Å². The number of halogens is 2. The number of carbonyl (C=O) groups excluding carboxylic acids is 1. The Labute approximate surface area is 137 Å². The second-order valence-electron chi connectivity index (χ2n) is 4.85. The molecule has 22 heavy (non-hydrogen) atoms. The van der Waals surface area contributed by atoms with Gasteiger partial charge in [0.15, 0.2) is 5.78 Å². The molecule has 2 aromatic carbocycles. The van der Waals surface area contributed by atoms with Crippen molar-refractivity contribution in [2.75, 3.05) is 6.61 Å². The highest BCUT2D eigenvalue weighted by Crippen LogP contribution is 2.22. The maximum atomic E-state index is 13.8. The summed E-state index contributed by atoms with van der Waals surface area (Å²) in [7, 11) is 0. The second kappa shape index (κ2) is 8.01. The Morgan fingerprint density at radius 2 is 1.91 bits per heavy atom. The first-order valence-electron chi connectivity index (χ1n) is 6.98. The quantitative estimate of drug-likeness (QED) is 0.600. The molecule has 2 rings (SSSR count). The van der Waals surface area contributed by atoms with E-state index in [4.69, 9.17) is 5.11 Å². The molecule has 2 nitrogen and oxygen atoms in total. The minimum absolute atomic E-state index is 0.0341. The van der Waals surface area contributed by atoms with Gasteiger partial charge in [0, 0.05) is 11.1 Å². The highest BCUT2D eigenvalue weighted by Gasteiger charge is 2.12. The zero-order valence-electron chi connectivity index (χ0n) is 11.9. The number of rotatable bonds is 6. The topological polar surface area (TPSA) is 37.3 Å². The van der Waals surface area contributed by atoms with Gasteiger partial charge in [-0.05, 0) is 48.3 Å². The van der Waals surface area contributed by atoms with E-state index >= 15 is 0 Å². The van der Waals surface area contributed by atoms with Crippen molar-refractivity contribution in [2.24, 2.45) is 0 Å². The molecular weight excluding hydrogens is 347 g/mol. The van der Waals surface area contributed by atoms with E-state index in [1.165, 1.54) is 18.2 Å². The largest absolute Gasteiger partial charge is 0.396 e. The lowest BCUT2D eigenvalue weighted by molar-refractivity contribution is 0.104. The van der Waals surface area contributed by atoms with Gasteiger partial charge in [-0.25, -0.2) is 4.39 Å². The summed E-state index contributed by atoms with van der Waals surface area (Å²) in [6.07, 6.45) is 2.56. The van der Waals surface area contributed by atoms with Crippen LogP contribution in [0.4, 0.5) is 4.39 Å². The van der Waals surface area contributed by atoms with Crippen LogP contribution in [0.25, 0.3) is 5.57 Å². The van der Waals surface area contributed by atoms with Crippen LogP contribution >= 0.6 is 15.9 Å². The molecule has 0 saturated heterocycles. The number of benzene rings is 2. The van der Waals surface area contributed by atoms with Gasteiger partial charge in [-0.15, -0.1) is 0 Å². The zero-order chi connectivity index (χ0) is 15.9. The minimum Gasteiger partial charge on any atom is -0.396 e. The summed E-state index contributed by atoms with van der Waals surface area (Å²) in [6, 6.07) is 13.7. The van der Waals surface area contributed by atoms with E-state index < -0.39 is 5.82 Å². The number of hydrogen-bond donors (Lipinski definition) is 1. The van der Waals surface area contributed by atoms with Gasteiger partial charge in [0.25, 0.3) is 0 Å². The number of aliphatic hydroxyl groups excluding tert-OH is 1. The monoisotopic (exact) mass is 362 g/mol. The number of ketones is 1. The Hall–Kier alpha value is -1.78. The third-order valence-corrected chi connectivity index (χ3v) is 3.74. The van der Waals surface area contributed by atoms with Crippen LogP contribution in [0, 0.1) is 5.82 Å². The van der Waals surface area contributed by atoms with Gasteiger partial charge in [0.1, 0.15) is 5.82 Å². The molecule has 0 aliphatic carbocycles. The van der Waals surface area contributed by atoms with Crippen molar-refractivity contribution < 1.29 is 14.3 Å². The van der Waals surface area contributed by atoms with Crippen LogP contribution in [0.5, 0.6) is 0 Å². The van der Waals surface area contributed by atoms with Crippen molar-refractivity contribution in [3.05, 3.63) is 76.0 Å². The maximum Gasteiger partial charge on any atom is 0.189 e. The van der Waals surface area contributed by atoms with E-state index in [0.717, 1.165) is 11.1 Å². The lowest BCUT2D eigenvalue weighted by Gasteiger charge is -2.08. The van der Waals surface area contributed by atoms with Crippen LogP contribution in [0.2, 0.25) is 0 Å². The minimum atomic E-state index is -0.543. The van der Waals surface area contributed by atoms with Crippen LogP contribution in [0.3, 0.4) is 0 Å². The Morgan fingerprint density at radius 3 is 2.59 bits per heavy atom. The summed E-state index contributed by atoms with van der Waals surface area (Å²) >= 11 is 3.25. The first kappa shape index (κ1) is 16.6. The Balaban J connectivity index is 2.36. The van der Waals surface area contributed by atoms with Crippen LogP contribution < -0.4 is 0 Å². The van der Waals surface area contributed by atoms with Gasteiger partial charge in [0.2, 0.25) is 0 Å². The molecule has 0 spiro atoms. The smallest absolute Gasteiger partial charge is 0.189 e. The molecule has 0 aliphatic heterocycles. The molecule has 0 amide bonds. The van der Waals surface area contributed by atoms with Crippen LogP contribution in [0.1, 0.15) is 28.8 Å². The van der Waals surface area contributed by atoms with Crippen molar-refractivity contribution in [3.8, 4) is 0 Å². The molecule has 114 valence electrons. The van der Waals surface area contributed by atoms with E-state index in [0.29, 0.717) is 17.3 Å². The third kappa shape index (κ3) is 4.36. The highest BCUT2D eigenvalue weighted by atomic mass is 79.9. The second-order valence-corrected chi connectivity index (χ2v) is 5.77. The molecule has 2 aromatic rings. The fourth-order valence-corrected chi connectivity index (χ4v) is 2.50. The van der Waals surface area contributed by atoms with Crippen molar-refractivity contribution in [2.45, 2.75) is 12.8 Å². The van der Waals surface area contributed by atoms with Crippen molar-refractivity contribution in [1.82, 2.24) is 0 Å². The van der Waals surface area contributed by atoms with Crippen LogP contribution in [-0.2, 0) is 0 Å². The van der Waals surface area contributed by atoms with E-state index in [-0.39, 0.29) is 18.0 Å². The molecule has 0 bridgehead atoms. The van der Waals surface area contributed by atoms with Gasteiger partial charge in [-0.3, -0.25) is 4.79 Å². The van der Waals surface area contributed by atoms with Crippen molar-refractivity contribution >= 4 is 27.3 Å². The van der Waals surface area contributed by atoms with Crippen LogP contribution in [0.15, 0.2) is 59.1 Å². The summed E-state index contributed by atoms with van der Waals surface area (Å²) in [5.41, 5.74) is 1.73. The average molecular weight is 363 g/mol. The summed E-state index contributed by atoms with van der Waals surface area (Å²) in [4.78, 5) is 12.4. The third-order valence-electron chi connectivity index (χ3n) is 3.25. The molecular formula is C18H16BrFO2. The van der Waals surface area contributed by atoms with Crippen LogP contribution in [-0.4, -0.2) is 17.5 Å². The first-order chi connectivity index (χ1) is 10.6. The Kier molecular flexibility index (Phi) is 6.04. The van der Waals surface area contributed by atoms with Crippen molar-refractivity contribution in [3.63, 3.8) is 0 Å². The van der Waals surface area contributed by atoms with E-state index in [1.54, 1.807) is 6.07 Å². The van der Waals surface area contributed by atoms with Gasteiger partial charge in [-0.2, -0.15) is 0 Å². The predicted molar refractivity (Wildman–Crippen MR) is 89.2 cm³/mol. The maximum absolute atomic E-state index is 13.8. The first-order valence-corrected chi connectivity index (χ1v) is 7.77. The lowest BCUT2D eigenvalue weighted by Crippen LogP contribution is -2.01. The molecule has 0 heterocycles. The molecule has 0 aliphatic rings. The SMILES string of the molecule is O=C(/C=C(\CCCO)c1ccccc1)c1cc(Br)ccc1F. The molecule has 0 radical (unpaired) electrons. The molecule has 4 heteroatoms. The fourth-order valence-electron chi connectivity index (χ4n) is 2.14.